The van der Waals surface area contributed by atoms with Crippen LogP contribution in [-0.4, -0.2) is 50.1 Å². The smallest absolute Gasteiger partial charge is 0.233 e. The van der Waals surface area contributed by atoms with Gasteiger partial charge in [-0.25, -0.2) is 0 Å². The monoisotopic (exact) mass is 227 g/mol. The first kappa shape index (κ1) is 13.5. The first-order chi connectivity index (χ1) is 7.58. The fourth-order valence-corrected chi connectivity index (χ4v) is 2.06. The van der Waals surface area contributed by atoms with Crippen molar-refractivity contribution in [3.05, 3.63) is 0 Å². The van der Waals surface area contributed by atoms with E-state index in [1.54, 1.807) is 0 Å². The molecular formula is C12H25N3O. The summed E-state index contributed by atoms with van der Waals surface area (Å²) in [5.41, 5.74) is 0. The number of piperidine rings is 1. The molecule has 4 nitrogen and oxygen atoms in total. The molecule has 4 heteroatoms. The highest BCUT2D eigenvalue weighted by molar-refractivity contribution is 5.77. The van der Waals surface area contributed by atoms with Crippen molar-refractivity contribution >= 4 is 5.91 Å². The summed E-state index contributed by atoms with van der Waals surface area (Å²) in [4.78, 5) is 13.8. The lowest BCUT2D eigenvalue weighted by atomic mass is 9.98. The van der Waals surface area contributed by atoms with Crippen molar-refractivity contribution in [1.29, 1.82) is 0 Å². The van der Waals surface area contributed by atoms with Gasteiger partial charge in [-0.05, 0) is 32.4 Å². The van der Waals surface area contributed by atoms with Gasteiger partial charge in [-0.15, -0.1) is 0 Å². The summed E-state index contributed by atoms with van der Waals surface area (Å²) >= 11 is 0. The molecule has 1 aliphatic heterocycles. The molecule has 0 radical (unpaired) electrons. The standard InChI is InChI=1S/C12H25N3O/c1-10(2)13-8-12(16)14-7-11-5-4-6-15(3)9-11/h10-11,13H,4-9H2,1-3H3,(H,14,16). The summed E-state index contributed by atoms with van der Waals surface area (Å²) in [6, 6.07) is 0.367. The minimum atomic E-state index is 0.113. The maximum Gasteiger partial charge on any atom is 0.233 e. The third kappa shape index (κ3) is 5.47. The van der Waals surface area contributed by atoms with Gasteiger partial charge < -0.3 is 15.5 Å². The summed E-state index contributed by atoms with van der Waals surface area (Å²) in [6.07, 6.45) is 2.49. The lowest BCUT2D eigenvalue weighted by molar-refractivity contribution is -0.120. The molecule has 1 atom stereocenters. The molecule has 1 rings (SSSR count). The zero-order valence-electron chi connectivity index (χ0n) is 10.8. The van der Waals surface area contributed by atoms with Crippen LogP contribution >= 0.6 is 0 Å². The Balaban J connectivity index is 2.11. The zero-order valence-corrected chi connectivity index (χ0v) is 10.8. The number of amides is 1. The molecule has 0 saturated carbocycles. The van der Waals surface area contributed by atoms with E-state index in [9.17, 15) is 4.79 Å². The van der Waals surface area contributed by atoms with Crippen LogP contribution in [0.3, 0.4) is 0 Å². The maximum atomic E-state index is 11.5. The number of carbonyl (C=O) groups is 1. The van der Waals surface area contributed by atoms with Crippen LogP contribution < -0.4 is 10.6 Å². The van der Waals surface area contributed by atoms with Crippen LogP contribution in [0.15, 0.2) is 0 Å². The average Bonchev–Trinajstić information content (AvgIpc) is 2.23. The Kier molecular flexibility index (Phi) is 5.77. The largest absolute Gasteiger partial charge is 0.355 e. The quantitative estimate of drug-likeness (QED) is 0.716. The third-order valence-corrected chi connectivity index (χ3v) is 2.98. The summed E-state index contributed by atoms with van der Waals surface area (Å²) < 4.78 is 0. The molecule has 1 amide bonds. The van der Waals surface area contributed by atoms with E-state index in [4.69, 9.17) is 0 Å². The molecule has 16 heavy (non-hydrogen) atoms. The van der Waals surface area contributed by atoms with Crippen molar-refractivity contribution in [3.8, 4) is 0 Å². The molecule has 2 N–H and O–H groups in total. The van der Waals surface area contributed by atoms with Crippen molar-refractivity contribution in [2.24, 2.45) is 5.92 Å². The normalized spacial score (nSPS) is 22.4. The van der Waals surface area contributed by atoms with Gasteiger partial charge in [0, 0.05) is 19.1 Å². The molecule has 0 spiro atoms. The SMILES string of the molecule is CC(C)NCC(=O)NCC1CCCN(C)C1. The molecule has 0 aliphatic carbocycles. The average molecular weight is 227 g/mol. The second-order valence-electron chi connectivity index (χ2n) is 5.11. The van der Waals surface area contributed by atoms with Crippen molar-refractivity contribution < 1.29 is 4.79 Å². The Morgan fingerprint density at radius 3 is 2.88 bits per heavy atom. The van der Waals surface area contributed by atoms with Gasteiger partial charge >= 0.3 is 0 Å². The molecule has 0 aromatic heterocycles. The predicted molar refractivity (Wildman–Crippen MR) is 66.4 cm³/mol. The number of rotatable bonds is 5. The van der Waals surface area contributed by atoms with Crippen LogP contribution in [0.4, 0.5) is 0 Å². The minimum absolute atomic E-state index is 0.113. The lowest BCUT2D eigenvalue weighted by Gasteiger charge is -2.29. The van der Waals surface area contributed by atoms with Gasteiger partial charge in [0.2, 0.25) is 5.91 Å². The molecule has 94 valence electrons. The summed E-state index contributed by atoms with van der Waals surface area (Å²) in [6.45, 7) is 7.65. The van der Waals surface area contributed by atoms with Gasteiger partial charge in [-0.2, -0.15) is 0 Å². The van der Waals surface area contributed by atoms with E-state index in [1.165, 1.54) is 19.4 Å². The van der Waals surface area contributed by atoms with Crippen LogP contribution in [0.5, 0.6) is 0 Å². The van der Waals surface area contributed by atoms with Crippen molar-refractivity contribution in [3.63, 3.8) is 0 Å². The zero-order chi connectivity index (χ0) is 12.0. The van der Waals surface area contributed by atoms with Gasteiger partial charge in [-0.3, -0.25) is 4.79 Å². The van der Waals surface area contributed by atoms with Gasteiger partial charge in [-0.1, -0.05) is 13.8 Å². The second kappa shape index (κ2) is 6.86. The number of hydrogen-bond donors (Lipinski definition) is 2. The summed E-state index contributed by atoms with van der Waals surface area (Å²) in [5, 5.41) is 6.12. The number of carbonyl (C=O) groups excluding carboxylic acids is 1. The Hall–Kier alpha value is -0.610. The topological polar surface area (TPSA) is 44.4 Å². The Bertz CT molecular complexity index is 218. The predicted octanol–water partition coefficient (Wildman–Crippen LogP) is 0.442. The van der Waals surface area contributed by atoms with E-state index in [2.05, 4.69) is 22.6 Å². The van der Waals surface area contributed by atoms with Gasteiger partial charge in [0.25, 0.3) is 0 Å². The van der Waals surface area contributed by atoms with E-state index < -0.39 is 0 Å². The van der Waals surface area contributed by atoms with Crippen molar-refractivity contribution in [1.82, 2.24) is 15.5 Å². The lowest BCUT2D eigenvalue weighted by Crippen LogP contribution is -2.42. The highest BCUT2D eigenvalue weighted by atomic mass is 16.1. The Morgan fingerprint density at radius 2 is 2.25 bits per heavy atom. The van der Waals surface area contributed by atoms with Crippen LogP contribution in [0.25, 0.3) is 0 Å². The molecular weight excluding hydrogens is 202 g/mol. The Morgan fingerprint density at radius 1 is 1.50 bits per heavy atom. The Labute approximate surface area is 98.8 Å². The molecule has 0 aromatic rings. The van der Waals surface area contributed by atoms with E-state index >= 15 is 0 Å². The molecule has 1 saturated heterocycles. The minimum Gasteiger partial charge on any atom is -0.355 e. The summed E-state index contributed by atoms with van der Waals surface area (Å²) in [7, 11) is 2.15. The van der Waals surface area contributed by atoms with Crippen LogP contribution in [0.2, 0.25) is 0 Å². The first-order valence-corrected chi connectivity index (χ1v) is 6.26. The number of likely N-dealkylation sites (tertiary alicyclic amines) is 1. The number of nitrogens with one attached hydrogen (secondary N) is 2. The van der Waals surface area contributed by atoms with Crippen molar-refractivity contribution in [2.75, 3.05) is 33.2 Å². The van der Waals surface area contributed by atoms with Crippen LogP contribution in [0.1, 0.15) is 26.7 Å². The first-order valence-electron chi connectivity index (χ1n) is 6.26. The fourth-order valence-electron chi connectivity index (χ4n) is 2.06. The van der Waals surface area contributed by atoms with E-state index in [0.717, 1.165) is 13.1 Å². The molecule has 1 fully saturated rings. The number of hydrogen-bond acceptors (Lipinski definition) is 3. The van der Waals surface area contributed by atoms with E-state index in [-0.39, 0.29) is 5.91 Å². The second-order valence-corrected chi connectivity index (χ2v) is 5.11. The van der Waals surface area contributed by atoms with E-state index in [0.29, 0.717) is 18.5 Å². The molecule has 1 heterocycles. The third-order valence-electron chi connectivity index (χ3n) is 2.98. The van der Waals surface area contributed by atoms with E-state index in [1.807, 2.05) is 13.8 Å². The van der Waals surface area contributed by atoms with Crippen molar-refractivity contribution in [2.45, 2.75) is 32.7 Å². The maximum absolute atomic E-state index is 11.5. The number of nitrogens with zero attached hydrogens (tertiary/aromatic N) is 1. The molecule has 1 unspecified atom stereocenters. The summed E-state index contributed by atoms with van der Waals surface area (Å²) in [5.74, 6) is 0.740. The van der Waals surface area contributed by atoms with Gasteiger partial charge in [0.1, 0.15) is 0 Å². The molecule has 1 aliphatic rings. The molecule has 0 aromatic carbocycles. The van der Waals surface area contributed by atoms with Gasteiger partial charge in [0.05, 0.1) is 6.54 Å². The van der Waals surface area contributed by atoms with Gasteiger partial charge in [0.15, 0.2) is 0 Å². The highest BCUT2D eigenvalue weighted by Crippen LogP contribution is 2.13. The molecule has 0 bridgehead atoms. The van der Waals surface area contributed by atoms with Crippen LogP contribution in [-0.2, 0) is 4.79 Å². The fraction of sp³-hybridized carbons (Fsp3) is 0.917. The highest BCUT2D eigenvalue weighted by Gasteiger charge is 2.17. The van der Waals surface area contributed by atoms with Crippen LogP contribution in [0, 0.1) is 5.92 Å².